The van der Waals surface area contributed by atoms with Crippen molar-refractivity contribution in [1.82, 2.24) is 0 Å². The Bertz CT molecular complexity index is 171. The van der Waals surface area contributed by atoms with Crippen molar-refractivity contribution in [2.75, 3.05) is 0 Å². The summed E-state index contributed by atoms with van der Waals surface area (Å²) in [6.45, 7) is 7.15. The molecule has 2 aliphatic rings. The Kier molecular flexibility index (Phi) is 2.67. The van der Waals surface area contributed by atoms with Crippen molar-refractivity contribution in [2.45, 2.75) is 52.9 Å². The van der Waals surface area contributed by atoms with Gasteiger partial charge in [-0.3, -0.25) is 0 Å². The van der Waals surface area contributed by atoms with Crippen molar-refractivity contribution < 1.29 is 0 Å². The van der Waals surface area contributed by atoms with E-state index in [4.69, 9.17) is 0 Å². The molecule has 2 aliphatic carbocycles. The van der Waals surface area contributed by atoms with Gasteiger partial charge in [0.2, 0.25) is 0 Å². The molecule has 2 saturated carbocycles. The van der Waals surface area contributed by atoms with E-state index in [0.29, 0.717) is 0 Å². The van der Waals surface area contributed by atoms with Crippen LogP contribution in [0.2, 0.25) is 0 Å². The van der Waals surface area contributed by atoms with E-state index in [-0.39, 0.29) is 0 Å². The van der Waals surface area contributed by atoms with Gasteiger partial charge in [-0.2, -0.15) is 0 Å². The maximum atomic E-state index is 2.45. The number of hydrogen-bond acceptors (Lipinski definition) is 0. The van der Waals surface area contributed by atoms with Crippen molar-refractivity contribution in [2.24, 2.45) is 29.6 Å². The molecule has 0 nitrogen and oxygen atoms in total. The summed E-state index contributed by atoms with van der Waals surface area (Å²) < 4.78 is 0. The Morgan fingerprint density at radius 2 is 1.92 bits per heavy atom. The van der Waals surface area contributed by atoms with E-state index in [1.54, 1.807) is 12.8 Å². The van der Waals surface area contributed by atoms with Crippen molar-refractivity contribution >= 4 is 0 Å². The van der Waals surface area contributed by atoms with Gasteiger partial charge in [-0.25, -0.2) is 0 Å². The first-order valence-corrected chi connectivity index (χ1v) is 6.18. The second kappa shape index (κ2) is 3.63. The van der Waals surface area contributed by atoms with Gasteiger partial charge in [0.05, 0.1) is 0 Å². The Morgan fingerprint density at radius 1 is 1.15 bits per heavy atom. The molecule has 0 aromatic heterocycles. The molecule has 2 fully saturated rings. The smallest absolute Gasteiger partial charge is 0.0352 e. The van der Waals surface area contributed by atoms with Gasteiger partial charge in [0.15, 0.2) is 0 Å². The van der Waals surface area contributed by atoms with Gasteiger partial charge < -0.3 is 0 Å². The van der Waals surface area contributed by atoms with Crippen LogP contribution in [0.4, 0.5) is 0 Å². The molecule has 4 unspecified atom stereocenters. The molecule has 13 heavy (non-hydrogen) atoms. The maximum Gasteiger partial charge on any atom is -0.0352 e. The lowest BCUT2D eigenvalue weighted by Gasteiger charge is -2.34. The average Bonchev–Trinajstić information content (AvgIpc) is 2.78. The van der Waals surface area contributed by atoms with E-state index in [1.165, 1.54) is 19.3 Å². The summed E-state index contributed by atoms with van der Waals surface area (Å²) in [6, 6.07) is 0. The molecule has 0 heteroatoms. The van der Waals surface area contributed by atoms with E-state index < -0.39 is 0 Å². The zero-order chi connectivity index (χ0) is 9.42. The maximum absolute atomic E-state index is 2.45. The van der Waals surface area contributed by atoms with Gasteiger partial charge in [-0.05, 0) is 48.9 Å². The second-order valence-corrected chi connectivity index (χ2v) is 5.85. The Hall–Kier alpha value is 0. The van der Waals surface area contributed by atoms with E-state index in [0.717, 1.165) is 29.6 Å². The van der Waals surface area contributed by atoms with E-state index in [2.05, 4.69) is 20.8 Å². The third kappa shape index (κ3) is 2.08. The zero-order valence-corrected chi connectivity index (χ0v) is 9.42. The minimum Gasteiger partial charge on any atom is -0.0628 e. The first-order chi connectivity index (χ1) is 6.18. The highest BCUT2D eigenvalue weighted by molar-refractivity contribution is 4.96. The lowest BCUT2D eigenvalue weighted by Crippen LogP contribution is -2.25. The molecule has 0 aromatic carbocycles. The highest BCUT2D eigenvalue weighted by Gasteiger charge is 2.46. The highest BCUT2D eigenvalue weighted by Crippen LogP contribution is 2.55. The van der Waals surface area contributed by atoms with Gasteiger partial charge in [-0.1, -0.05) is 33.6 Å². The fourth-order valence-corrected chi connectivity index (χ4v) is 3.00. The first-order valence-electron chi connectivity index (χ1n) is 6.18. The van der Waals surface area contributed by atoms with Gasteiger partial charge in [0.25, 0.3) is 0 Å². The second-order valence-electron chi connectivity index (χ2n) is 5.85. The molecule has 0 saturated heterocycles. The molecular weight excluding hydrogens is 156 g/mol. The van der Waals surface area contributed by atoms with Crippen LogP contribution in [-0.2, 0) is 0 Å². The number of rotatable bonds is 4. The largest absolute Gasteiger partial charge is 0.0628 e. The molecule has 2 rings (SSSR count). The van der Waals surface area contributed by atoms with Crippen LogP contribution in [0.3, 0.4) is 0 Å². The highest BCUT2D eigenvalue weighted by atomic mass is 14.5. The van der Waals surface area contributed by atoms with Crippen molar-refractivity contribution in [3.8, 4) is 0 Å². The molecule has 0 bridgehead atoms. The lowest BCUT2D eigenvalue weighted by molar-refractivity contribution is 0.159. The van der Waals surface area contributed by atoms with Gasteiger partial charge >= 0.3 is 0 Å². The SMILES string of the molecule is CC(C)CCC1CC1C1CCC1C. The fraction of sp³-hybridized carbons (Fsp3) is 1.00. The predicted octanol–water partition coefficient (Wildman–Crippen LogP) is 4.10. The van der Waals surface area contributed by atoms with Crippen molar-refractivity contribution in [3.63, 3.8) is 0 Å². The van der Waals surface area contributed by atoms with Crippen LogP contribution in [0.15, 0.2) is 0 Å². The van der Waals surface area contributed by atoms with E-state index in [1.807, 2.05) is 0 Å². The monoisotopic (exact) mass is 180 g/mol. The van der Waals surface area contributed by atoms with Crippen LogP contribution in [-0.4, -0.2) is 0 Å². The molecular formula is C13H24. The summed E-state index contributed by atoms with van der Waals surface area (Å²) >= 11 is 0. The topological polar surface area (TPSA) is 0 Å². The number of hydrogen-bond donors (Lipinski definition) is 0. The normalized spacial score (nSPS) is 43.4. The Morgan fingerprint density at radius 3 is 2.38 bits per heavy atom. The van der Waals surface area contributed by atoms with Crippen LogP contribution in [0.25, 0.3) is 0 Å². The minimum atomic E-state index is 0.917. The molecule has 4 atom stereocenters. The van der Waals surface area contributed by atoms with Gasteiger partial charge in [0.1, 0.15) is 0 Å². The molecule has 0 N–H and O–H groups in total. The van der Waals surface area contributed by atoms with Crippen LogP contribution in [0.5, 0.6) is 0 Å². The zero-order valence-electron chi connectivity index (χ0n) is 9.42. The summed E-state index contributed by atoms with van der Waals surface area (Å²) in [6.07, 6.45) is 7.61. The summed E-state index contributed by atoms with van der Waals surface area (Å²) in [4.78, 5) is 0. The minimum absolute atomic E-state index is 0.917. The lowest BCUT2D eigenvalue weighted by atomic mass is 9.71. The molecule has 0 radical (unpaired) electrons. The third-order valence-corrected chi connectivity index (χ3v) is 4.33. The molecule has 0 aromatic rings. The van der Waals surface area contributed by atoms with E-state index >= 15 is 0 Å². The average molecular weight is 180 g/mol. The van der Waals surface area contributed by atoms with Crippen LogP contribution in [0, 0.1) is 29.6 Å². The third-order valence-electron chi connectivity index (χ3n) is 4.33. The summed E-state index contributed by atoms with van der Waals surface area (Å²) in [7, 11) is 0. The van der Waals surface area contributed by atoms with Crippen LogP contribution < -0.4 is 0 Å². The summed E-state index contributed by atoms with van der Waals surface area (Å²) in [5, 5.41) is 0. The molecule has 0 heterocycles. The first kappa shape index (κ1) is 9.55. The van der Waals surface area contributed by atoms with Gasteiger partial charge in [0, 0.05) is 0 Å². The van der Waals surface area contributed by atoms with Crippen molar-refractivity contribution in [1.29, 1.82) is 0 Å². The summed E-state index contributed by atoms with van der Waals surface area (Å²) in [5.41, 5.74) is 0. The van der Waals surface area contributed by atoms with Crippen molar-refractivity contribution in [3.05, 3.63) is 0 Å². The Balaban J connectivity index is 1.65. The quantitative estimate of drug-likeness (QED) is 0.611. The Labute approximate surface area is 83.1 Å². The molecule has 0 aliphatic heterocycles. The molecule has 76 valence electrons. The molecule has 0 spiro atoms. The predicted molar refractivity (Wildman–Crippen MR) is 57.6 cm³/mol. The standard InChI is InChI=1S/C13H24/c1-9(2)4-6-11-8-13(11)12-7-5-10(12)3/h9-13H,4-8H2,1-3H3. The van der Waals surface area contributed by atoms with Crippen LogP contribution >= 0.6 is 0 Å². The van der Waals surface area contributed by atoms with Crippen LogP contribution in [0.1, 0.15) is 52.9 Å². The van der Waals surface area contributed by atoms with Gasteiger partial charge in [-0.15, -0.1) is 0 Å². The molecule has 0 amide bonds. The van der Waals surface area contributed by atoms with E-state index in [9.17, 15) is 0 Å². The summed E-state index contributed by atoms with van der Waals surface area (Å²) in [5.74, 6) is 5.41. The fourth-order valence-electron chi connectivity index (χ4n) is 3.00.